The first-order valence-electron chi connectivity index (χ1n) is 17.7. The van der Waals surface area contributed by atoms with E-state index in [4.69, 9.17) is 22.9 Å². The molecule has 1 saturated heterocycles. The maximum absolute atomic E-state index is 14.0. The topological polar surface area (TPSA) is 295 Å². The fraction of sp³-hybridized carbons (Fsp3) is 0.378. The second kappa shape index (κ2) is 19.4. The number of carbonyl (C=O) groups is 5. The molecule has 5 atom stereocenters. The van der Waals surface area contributed by atoms with Crippen molar-refractivity contribution in [1.82, 2.24) is 26.6 Å². The van der Waals surface area contributed by atoms with Crippen LogP contribution in [0.25, 0.3) is 10.8 Å². The maximum atomic E-state index is 14.0. The van der Waals surface area contributed by atoms with Crippen LogP contribution in [0.15, 0.2) is 76.7 Å². The minimum Gasteiger partial charge on any atom is -0.508 e. The van der Waals surface area contributed by atoms with Gasteiger partial charge < -0.3 is 54.6 Å². The highest BCUT2D eigenvalue weighted by Crippen LogP contribution is 2.18. The Morgan fingerprint density at radius 1 is 0.574 bits per heavy atom. The number of nitrogens with two attached hydrogens (primary N) is 4. The number of carbonyl (C=O) groups excluding carboxylic acids is 5. The van der Waals surface area contributed by atoms with Gasteiger partial charge in [0.25, 0.3) is 0 Å². The number of nitrogens with one attached hydrogen (secondary N) is 5. The van der Waals surface area contributed by atoms with Crippen LogP contribution in [0.1, 0.15) is 43.7 Å². The van der Waals surface area contributed by atoms with Gasteiger partial charge in [-0.25, -0.2) is 0 Å². The van der Waals surface area contributed by atoms with Gasteiger partial charge in [-0.3, -0.25) is 34.0 Å². The molecular weight excluding hydrogens is 694 g/mol. The molecule has 17 nitrogen and oxygen atoms in total. The van der Waals surface area contributed by atoms with Gasteiger partial charge in [-0.15, -0.1) is 0 Å². The number of aliphatic imine (C=N–C) groups is 2. The predicted octanol–water partition coefficient (Wildman–Crippen LogP) is -1.10. The average molecular weight is 744 g/mol. The third kappa shape index (κ3) is 12.4. The standard InChI is InChI=1S/C37H49N11O6/c1-21-31(50)47-29(19-22-11-14-26(49)15-12-22)35(54)46-27(8-4-16-42-36(38)39)32(51)45-28(9-5-17-43-37(40)41)33(52)48-30(34(53)44-21)20-23-10-13-24-6-2-3-7-25(24)18-23/h2-3,6-7,10-15,18,21,27-30,49H,4-5,8-9,16-17,19-20H2,1H3,(H,44,53)(H,45,51)(H,46,54)(H,47,50)(H,48,52)(H4,38,39,42)(H4,40,41,43)/t21-,27-,28+,29-,30-/m1/s1. The fourth-order valence-corrected chi connectivity index (χ4v) is 5.93. The number of hydrogen-bond donors (Lipinski definition) is 10. The molecule has 1 heterocycles. The molecule has 14 N–H and O–H groups in total. The van der Waals surface area contributed by atoms with Crippen LogP contribution in [0.2, 0.25) is 0 Å². The number of guanidine groups is 2. The van der Waals surface area contributed by atoms with E-state index in [2.05, 4.69) is 36.6 Å². The van der Waals surface area contributed by atoms with E-state index in [1.807, 2.05) is 42.5 Å². The third-order valence-electron chi connectivity index (χ3n) is 8.80. The Hall–Kier alpha value is -6.39. The summed E-state index contributed by atoms with van der Waals surface area (Å²) in [5.41, 5.74) is 23.2. The third-order valence-corrected chi connectivity index (χ3v) is 8.80. The van der Waals surface area contributed by atoms with Gasteiger partial charge in [-0.1, -0.05) is 54.6 Å². The highest BCUT2D eigenvalue weighted by molar-refractivity contribution is 5.98. The van der Waals surface area contributed by atoms with Crippen LogP contribution in [0.5, 0.6) is 5.75 Å². The van der Waals surface area contributed by atoms with Crippen molar-refractivity contribution in [2.45, 2.75) is 75.7 Å². The summed E-state index contributed by atoms with van der Waals surface area (Å²) < 4.78 is 0. The summed E-state index contributed by atoms with van der Waals surface area (Å²) in [5, 5.41) is 25.3. The quantitative estimate of drug-likeness (QED) is 0.0607. The van der Waals surface area contributed by atoms with Crippen molar-refractivity contribution in [3.8, 4) is 5.75 Å². The van der Waals surface area contributed by atoms with Crippen LogP contribution in [0.3, 0.4) is 0 Å². The molecule has 17 heteroatoms. The lowest BCUT2D eigenvalue weighted by molar-refractivity contribution is -0.134. The maximum Gasteiger partial charge on any atom is 0.243 e. The van der Waals surface area contributed by atoms with Crippen molar-refractivity contribution in [1.29, 1.82) is 0 Å². The van der Waals surface area contributed by atoms with Crippen LogP contribution < -0.4 is 49.5 Å². The number of aromatic hydroxyl groups is 1. The van der Waals surface area contributed by atoms with Gasteiger partial charge in [0.1, 0.15) is 36.0 Å². The number of benzene rings is 3. The summed E-state index contributed by atoms with van der Waals surface area (Å²) >= 11 is 0. The van der Waals surface area contributed by atoms with E-state index < -0.39 is 59.7 Å². The Morgan fingerprint density at radius 3 is 1.57 bits per heavy atom. The van der Waals surface area contributed by atoms with Crippen molar-refractivity contribution in [2.75, 3.05) is 13.1 Å². The minimum absolute atomic E-state index is 0.0115. The summed E-state index contributed by atoms with van der Waals surface area (Å²) in [6, 6.07) is 13.6. The molecule has 0 radical (unpaired) electrons. The second-order valence-electron chi connectivity index (χ2n) is 13.1. The Labute approximate surface area is 312 Å². The van der Waals surface area contributed by atoms with Crippen LogP contribution in [0.4, 0.5) is 0 Å². The van der Waals surface area contributed by atoms with Crippen molar-refractivity contribution in [3.63, 3.8) is 0 Å². The lowest BCUT2D eigenvalue weighted by atomic mass is 10.00. The number of fused-ring (bicyclic) bond motifs is 1. The first-order valence-corrected chi connectivity index (χ1v) is 17.7. The Morgan fingerprint density at radius 2 is 1.02 bits per heavy atom. The van der Waals surface area contributed by atoms with Gasteiger partial charge in [0.05, 0.1) is 0 Å². The molecule has 54 heavy (non-hydrogen) atoms. The highest BCUT2D eigenvalue weighted by atomic mass is 16.3. The van der Waals surface area contributed by atoms with Crippen molar-refractivity contribution in [2.24, 2.45) is 32.9 Å². The average Bonchev–Trinajstić information content (AvgIpc) is 3.13. The van der Waals surface area contributed by atoms with E-state index in [1.54, 1.807) is 12.1 Å². The first kappa shape index (κ1) is 40.4. The molecule has 0 spiro atoms. The first-order chi connectivity index (χ1) is 25.8. The number of amides is 5. The Bertz CT molecular complexity index is 1860. The van der Waals surface area contributed by atoms with E-state index in [0.29, 0.717) is 5.56 Å². The molecule has 1 aliphatic rings. The Balaban J connectivity index is 1.71. The fourth-order valence-electron chi connectivity index (χ4n) is 5.93. The lowest BCUT2D eigenvalue weighted by Crippen LogP contribution is -2.58. The predicted molar refractivity (Wildman–Crippen MR) is 205 cm³/mol. The van der Waals surface area contributed by atoms with E-state index in [1.165, 1.54) is 19.1 Å². The number of nitrogens with zero attached hydrogens (tertiary/aromatic N) is 2. The van der Waals surface area contributed by atoms with Gasteiger partial charge in [0, 0.05) is 25.9 Å². The molecule has 0 saturated carbocycles. The van der Waals surface area contributed by atoms with Crippen molar-refractivity contribution >= 4 is 52.2 Å². The molecule has 3 aromatic carbocycles. The van der Waals surface area contributed by atoms with Gasteiger partial charge in [0.15, 0.2) is 11.9 Å². The van der Waals surface area contributed by atoms with Crippen LogP contribution in [0, 0.1) is 0 Å². The van der Waals surface area contributed by atoms with Gasteiger partial charge in [-0.05, 0) is 66.6 Å². The van der Waals surface area contributed by atoms with E-state index in [-0.39, 0.29) is 69.3 Å². The molecule has 5 amide bonds. The molecule has 0 unspecified atom stereocenters. The van der Waals surface area contributed by atoms with Crippen LogP contribution in [-0.2, 0) is 36.8 Å². The summed E-state index contributed by atoms with van der Waals surface area (Å²) in [6.07, 6.45) is 0.742. The summed E-state index contributed by atoms with van der Waals surface area (Å²) in [6.45, 7) is 1.77. The van der Waals surface area contributed by atoms with Crippen LogP contribution in [-0.4, -0.2) is 89.9 Å². The molecule has 288 valence electrons. The second-order valence-corrected chi connectivity index (χ2v) is 13.1. The molecule has 0 bridgehead atoms. The van der Waals surface area contributed by atoms with Gasteiger partial charge >= 0.3 is 0 Å². The molecular formula is C37H49N11O6. The number of phenolic OH excluding ortho intramolecular Hbond substituents is 1. The monoisotopic (exact) mass is 743 g/mol. The van der Waals surface area contributed by atoms with E-state index >= 15 is 0 Å². The summed E-state index contributed by atoms with van der Waals surface area (Å²) in [7, 11) is 0. The van der Waals surface area contributed by atoms with Gasteiger partial charge in [-0.2, -0.15) is 0 Å². The zero-order valence-corrected chi connectivity index (χ0v) is 30.1. The molecule has 4 rings (SSSR count). The summed E-state index contributed by atoms with van der Waals surface area (Å²) in [4.78, 5) is 77.2. The van der Waals surface area contributed by atoms with E-state index in [0.717, 1.165) is 16.3 Å². The zero-order valence-electron chi connectivity index (χ0n) is 30.1. The van der Waals surface area contributed by atoms with Crippen molar-refractivity contribution in [3.05, 3.63) is 77.9 Å². The molecule has 0 aliphatic carbocycles. The SMILES string of the molecule is C[C@H]1NC(=O)[C@@H](Cc2ccc3ccccc3c2)NC(=O)[C@H](CCCN=C(N)N)NC(=O)[C@@H](CCCN=C(N)N)NC(=O)[C@@H](Cc2ccc(O)cc2)NC1=O. The lowest BCUT2D eigenvalue weighted by Gasteiger charge is -2.26. The zero-order chi connectivity index (χ0) is 39.2. The molecule has 1 fully saturated rings. The normalized spacial score (nSPS) is 21.3. The smallest absolute Gasteiger partial charge is 0.243 e. The van der Waals surface area contributed by atoms with Crippen LogP contribution >= 0.6 is 0 Å². The Kier molecular flexibility index (Phi) is 14.5. The molecule has 3 aromatic rings. The van der Waals surface area contributed by atoms with Gasteiger partial charge in [0.2, 0.25) is 29.5 Å². The number of rotatable bonds is 12. The number of hydrogen-bond acceptors (Lipinski definition) is 8. The van der Waals surface area contributed by atoms with E-state index in [9.17, 15) is 29.1 Å². The highest BCUT2D eigenvalue weighted by Gasteiger charge is 2.33. The summed E-state index contributed by atoms with van der Waals surface area (Å²) in [5.74, 6) is -3.67. The molecule has 1 aliphatic heterocycles. The minimum atomic E-state index is -1.21. The molecule has 0 aromatic heterocycles. The number of phenols is 1. The van der Waals surface area contributed by atoms with Crippen molar-refractivity contribution < 1.29 is 29.1 Å². The largest absolute Gasteiger partial charge is 0.508 e.